The van der Waals surface area contributed by atoms with E-state index in [-0.39, 0.29) is 0 Å². The Morgan fingerprint density at radius 3 is 2.64 bits per heavy atom. The summed E-state index contributed by atoms with van der Waals surface area (Å²) in [5.74, 6) is -0.639. The quantitative estimate of drug-likeness (QED) is 0.749. The van der Waals surface area contributed by atoms with Gasteiger partial charge in [0, 0.05) is 45.9 Å². The summed E-state index contributed by atoms with van der Waals surface area (Å²) in [4.78, 5) is 4.70. The first-order valence-corrected chi connectivity index (χ1v) is 8.68. The first kappa shape index (κ1) is 18.6. The van der Waals surface area contributed by atoms with Gasteiger partial charge in [-0.15, -0.1) is 0 Å². The van der Waals surface area contributed by atoms with Crippen LogP contribution in [0.15, 0.2) is 18.2 Å². The van der Waals surface area contributed by atoms with Gasteiger partial charge in [0.05, 0.1) is 12.2 Å². The number of halogens is 4. The number of rotatable bonds is 5. The van der Waals surface area contributed by atoms with Gasteiger partial charge in [-0.3, -0.25) is 9.80 Å². The van der Waals surface area contributed by atoms with Crippen LogP contribution in [0.5, 0.6) is 0 Å². The van der Waals surface area contributed by atoms with Crippen LogP contribution >= 0.6 is 0 Å². The number of hydrogen-bond donors (Lipinski definition) is 0. The van der Waals surface area contributed by atoms with Crippen molar-refractivity contribution < 1.29 is 22.3 Å². The van der Waals surface area contributed by atoms with E-state index in [2.05, 4.69) is 9.80 Å². The Kier molecular flexibility index (Phi) is 5.65. The predicted octanol–water partition coefficient (Wildman–Crippen LogP) is 3.39. The van der Waals surface area contributed by atoms with Crippen molar-refractivity contribution in [3.05, 3.63) is 35.1 Å². The molecule has 3 saturated heterocycles. The molecule has 1 aromatic rings. The Morgan fingerprint density at radius 2 is 1.96 bits per heavy atom. The largest absolute Gasteiger partial charge is 0.419 e. The molecule has 2 atom stereocenters. The van der Waals surface area contributed by atoms with Crippen LogP contribution in [-0.4, -0.2) is 55.7 Å². The molecule has 2 bridgehead atoms. The summed E-state index contributed by atoms with van der Waals surface area (Å²) in [5, 5.41) is 0. The molecule has 0 N–H and O–H groups in total. The van der Waals surface area contributed by atoms with Crippen LogP contribution < -0.4 is 0 Å². The van der Waals surface area contributed by atoms with Gasteiger partial charge in [-0.2, -0.15) is 13.2 Å². The Balaban J connectivity index is 1.67. The van der Waals surface area contributed by atoms with Gasteiger partial charge in [0.2, 0.25) is 0 Å². The van der Waals surface area contributed by atoms with Crippen molar-refractivity contribution in [1.29, 1.82) is 0 Å². The average Bonchev–Trinajstić information content (AvgIpc) is 2.82. The van der Waals surface area contributed by atoms with E-state index in [0.717, 1.165) is 44.7 Å². The molecule has 25 heavy (non-hydrogen) atoms. The number of fused-ring (bicyclic) bond motifs is 4. The fraction of sp³-hybridized carbons (Fsp3) is 0.667. The van der Waals surface area contributed by atoms with E-state index in [9.17, 15) is 17.6 Å². The summed E-state index contributed by atoms with van der Waals surface area (Å²) in [6.07, 6.45) is -2.34. The van der Waals surface area contributed by atoms with Crippen molar-refractivity contribution in [2.45, 2.75) is 31.6 Å². The fourth-order valence-corrected chi connectivity index (χ4v) is 4.03. The lowest BCUT2D eigenvalue weighted by Gasteiger charge is -2.35. The van der Waals surface area contributed by atoms with Crippen molar-refractivity contribution >= 4 is 0 Å². The van der Waals surface area contributed by atoms with Crippen LogP contribution in [0.3, 0.4) is 0 Å². The van der Waals surface area contributed by atoms with Crippen LogP contribution in [0.4, 0.5) is 17.6 Å². The first-order valence-electron chi connectivity index (χ1n) is 8.68. The second-order valence-corrected chi connectivity index (χ2v) is 7.09. The smallest absolute Gasteiger partial charge is 0.383 e. The topological polar surface area (TPSA) is 15.7 Å². The third-order valence-electron chi connectivity index (χ3n) is 5.23. The first-order chi connectivity index (χ1) is 11.9. The maximum atomic E-state index is 13.8. The molecule has 3 fully saturated rings. The lowest BCUT2D eigenvalue weighted by atomic mass is 9.95. The molecule has 0 spiro atoms. The van der Waals surface area contributed by atoms with E-state index in [1.165, 1.54) is 12.5 Å². The zero-order valence-corrected chi connectivity index (χ0v) is 14.4. The molecule has 4 rings (SSSR count). The Morgan fingerprint density at radius 1 is 1.16 bits per heavy atom. The van der Waals surface area contributed by atoms with Gasteiger partial charge in [-0.25, -0.2) is 4.39 Å². The van der Waals surface area contributed by atoms with Crippen molar-refractivity contribution in [3.8, 4) is 0 Å². The predicted molar refractivity (Wildman–Crippen MR) is 86.6 cm³/mol. The highest BCUT2D eigenvalue weighted by Gasteiger charge is 2.36. The SMILES string of the molecule is COCCN1C[C@H]2CC[C@@H]1CN(Cc1ccc(C(F)(F)F)c(F)c1)C2. The van der Waals surface area contributed by atoms with Gasteiger partial charge in [0.25, 0.3) is 0 Å². The van der Waals surface area contributed by atoms with E-state index >= 15 is 0 Å². The van der Waals surface area contributed by atoms with Crippen LogP contribution in [0.2, 0.25) is 0 Å². The average molecular weight is 360 g/mol. The highest BCUT2D eigenvalue weighted by Crippen LogP contribution is 2.32. The molecule has 3 nitrogen and oxygen atoms in total. The van der Waals surface area contributed by atoms with E-state index in [4.69, 9.17) is 4.74 Å². The third-order valence-corrected chi connectivity index (χ3v) is 5.23. The van der Waals surface area contributed by atoms with Crippen LogP contribution in [0.1, 0.15) is 24.0 Å². The van der Waals surface area contributed by atoms with Crippen LogP contribution in [0.25, 0.3) is 0 Å². The molecule has 3 aliphatic heterocycles. The molecule has 0 aromatic heterocycles. The van der Waals surface area contributed by atoms with Crippen LogP contribution in [0, 0.1) is 11.7 Å². The molecular weight excluding hydrogens is 336 g/mol. The zero-order valence-electron chi connectivity index (χ0n) is 14.4. The minimum Gasteiger partial charge on any atom is -0.383 e. The Labute approximate surface area is 145 Å². The van der Waals surface area contributed by atoms with Gasteiger partial charge < -0.3 is 4.74 Å². The van der Waals surface area contributed by atoms with Crippen molar-refractivity contribution in [1.82, 2.24) is 9.80 Å². The van der Waals surface area contributed by atoms with Gasteiger partial charge in [0.1, 0.15) is 5.82 Å². The minimum absolute atomic E-state index is 0.438. The number of ether oxygens (including phenoxy) is 1. The molecule has 3 aliphatic rings. The monoisotopic (exact) mass is 360 g/mol. The molecule has 0 unspecified atom stereocenters. The van der Waals surface area contributed by atoms with Crippen molar-refractivity contribution in [2.24, 2.45) is 5.92 Å². The minimum atomic E-state index is -4.65. The van der Waals surface area contributed by atoms with E-state index in [1.807, 2.05) is 0 Å². The second kappa shape index (κ2) is 7.60. The fourth-order valence-electron chi connectivity index (χ4n) is 4.03. The number of piperidine rings is 1. The lowest BCUT2D eigenvalue weighted by molar-refractivity contribution is -0.140. The lowest BCUT2D eigenvalue weighted by Crippen LogP contribution is -2.45. The summed E-state index contributed by atoms with van der Waals surface area (Å²) in [6.45, 7) is 4.89. The molecular formula is C18H24F4N2O. The summed E-state index contributed by atoms with van der Waals surface area (Å²) in [6, 6.07) is 3.70. The number of methoxy groups -OCH3 is 1. The van der Waals surface area contributed by atoms with Crippen molar-refractivity contribution in [2.75, 3.05) is 39.9 Å². The summed E-state index contributed by atoms with van der Waals surface area (Å²) >= 11 is 0. The summed E-state index contributed by atoms with van der Waals surface area (Å²) < 4.78 is 57.0. The maximum Gasteiger partial charge on any atom is 0.419 e. The third kappa shape index (κ3) is 4.51. The number of benzene rings is 1. The van der Waals surface area contributed by atoms with Gasteiger partial charge in [-0.1, -0.05) is 6.07 Å². The number of nitrogens with zero attached hydrogens (tertiary/aromatic N) is 2. The highest BCUT2D eigenvalue weighted by atomic mass is 19.4. The van der Waals surface area contributed by atoms with Gasteiger partial charge in [-0.05, 0) is 36.5 Å². The zero-order chi connectivity index (χ0) is 18.0. The molecule has 140 valence electrons. The van der Waals surface area contributed by atoms with E-state index < -0.39 is 17.6 Å². The molecule has 0 amide bonds. The number of hydrogen-bond acceptors (Lipinski definition) is 3. The van der Waals surface area contributed by atoms with Gasteiger partial charge in [0.15, 0.2) is 0 Å². The Bertz CT molecular complexity index is 593. The second-order valence-electron chi connectivity index (χ2n) is 7.09. The van der Waals surface area contributed by atoms with E-state index in [0.29, 0.717) is 30.7 Å². The summed E-state index contributed by atoms with van der Waals surface area (Å²) in [5.41, 5.74) is -0.604. The van der Waals surface area contributed by atoms with E-state index in [1.54, 1.807) is 7.11 Å². The highest BCUT2D eigenvalue weighted by molar-refractivity contribution is 5.26. The standard InChI is InChI=1S/C18H24F4N2O/c1-25-7-6-24-11-14-2-4-15(24)12-23(10-14)9-13-3-5-16(17(19)8-13)18(20,21)22/h3,5,8,14-15H,2,4,6-7,9-12H2,1H3/t14-,15+/m0/s1. The molecule has 0 aliphatic carbocycles. The maximum absolute atomic E-state index is 13.8. The summed E-state index contributed by atoms with van der Waals surface area (Å²) in [7, 11) is 1.70. The molecule has 7 heteroatoms. The molecule has 3 heterocycles. The molecule has 0 radical (unpaired) electrons. The molecule has 1 aromatic carbocycles. The van der Waals surface area contributed by atoms with Crippen LogP contribution in [-0.2, 0) is 17.5 Å². The normalized spacial score (nSPS) is 25.3. The Hall–Kier alpha value is -1.18. The van der Waals surface area contributed by atoms with Crippen molar-refractivity contribution in [3.63, 3.8) is 0 Å². The molecule has 0 saturated carbocycles. The van der Waals surface area contributed by atoms with Gasteiger partial charge >= 0.3 is 6.18 Å². The number of alkyl halides is 3.